The van der Waals surface area contributed by atoms with Crippen LogP contribution < -0.4 is 10.6 Å². The second-order valence-electron chi connectivity index (χ2n) is 4.55. The number of nitrogens with zero attached hydrogens (tertiary/aromatic N) is 1. The maximum atomic E-state index is 5.63. The van der Waals surface area contributed by atoms with Crippen LogP contribution in [0.2, 0.25) is 0 Å². The van der Waals surface area contributed by atoms with Gasteiger partial charge in [-0.15, -0.1) is 0 Å². The van der Waals surface area contributed by atoms with E-state index in [0.29, 0.717) is 13.2 Å². The van der Waals surface area contributed by atoms with Crippen LogP contribution in [-0.2, 0) is 17.9 Å². The van der Waals surface area contributed by atoms with Gasteiger partial charge in [-0.3, -0.25) is 0 Å². The van der Waals surface area contributed by atoms with E-state index in [1.54, 1.807) is 0 Å². The normalized spacial score (nSPS) is 10.2. The lowest BCUT2D eigenvalue weighted by Crippen LogP contribution is -2.37. The van der Waals surface area contributed by atoms with Crippen molar-refractivity contribution in [2.24, 2.45) is 4.99 Å². The first-order valence-electron chi connectivity index (χ1n) is 7.48. The molecule has 4 heteroatoms. The van der Waals surface area contributed by atoms with Crippen LogP contribution in [-0.4, -0.2) is 25.7 Å². The molecule has 0 heterocycles. The summed E-state index contributed by atoms with van der Waals surface area (Å²) in [5.41, 5.74) is 2.44. The number of guanidine groups is 1. The van der Waals surface area contributed by atoms with Gasteiger partial charge < -0.3 is 15.4 Å². The molecular weight excluding hydrogens is 250 g/mol. The van der Waals surface area contributed by atoms with Crippen LogP contribution in [0.15, 0.2) is 29.3 Å². The molecule has 0 spiro atoms. The van der Waals surface area contributed by atoms with Gasteiger partial charge in [-0.05, 0) is 31.4 Å². The number of nitrogens with one attached hydrogen (secondary N) is 2. The summed E-state index contributed by atoms with van der Waals surface area (Å²) in [6, 6.07) is 8.33. The number of hydrogen-bond donors (Lipinski definition) is 2. The SMILES string of the molecule is CCCOCc1ccccc1CN=C(NCC)NCC. The molecule has 1 rings (SSSR count). The first-order chi connectivity index (χ1) is 9.81. The van der Waals surface area contributed by atoms with E-state index in [0.717, 1.165) is 32.1 Å². The molecule has 4 nitrogen and oxygen atoms in total. The number of aliphatic imine (C=N–C) groups is 1. The Bertz CT molecular complexity index is 396. The van der Waals surface area contributed by atoms with Gasteiger partial charge in [-0.1, -0.05) is 31.2 Å². The third-order valence-corrected chi connectivity index (χ3v) is 2.82. The fourth-order valence-electron chi connectivity index (χ4n) is 1.85. The van der Waals surface area contributed by atoms with Crippen LogP contribution in [0.5, 0.6) is 0 Å². The predicted octanol–water partition coefficient (Wildman–Crippen LogP) is 2.69. The van der Waals surface area contributed by atoms with Crippen LogP contribution in [0, 0.1) is 0 Å². The van der Waals surface area contributed by atoms with Crippen molar-refractivity contribution in [3.05, 3.63) is 35.4 Å². The van der Waals surface area contributed by atoms with E-state index >= 15 is 0 Å². The molecule has 0 fully saturated rings. The van der Waals surface area contributed by atoms with Crippen molar-refractivity contribution >= 4 is 5.96 Å². The van der Waals surface area contributed by atoms with Gasteiger partial charge in [-0.2, -0.15) is 0 Å². The minimum atomic E-state index is 0.664. The second-order valence-corrected chi connectivity index (χ2v) is 4.55. The van der Waals surface area contributed by atoms with Crippen molar-refractivity contribution in [2.75, 3.05) is 19.7 Å². The highest BCUT2D eigenvalue weighted by atomic mass is 16.5. The topological polar surface area (TPSA) is 45.6 Å². The summed E-state index contributed by atoms with van der Waals surface area (Å²) in [6.45, 7) is 10.1. The van der Waals surface area contributed by atoms with Crippen LogP contribution >= 0.6 is 0 Å². The van der Waals surface area contributed by atoms with E-state index < -0.39 is 0 Å². The molecule has 0 saturated carbocycles. The van der Waals surface area contributed by atoms with Gasteiger partial charge >= 0.3 is 0 Å². The first-order valence-corrected chi connectivity index (χ1v) is 7.48. The Morgan fingerprint density at radius 1 is 1.05 bits per heavy atom. The molecule has 20 heavy (non-hydrogen) atoms. The number of rotatable bonds is 8. The molecule has 0 radical (unpaired) electrons. The third-order valence-electron chi connectivity index (χ3n) is 2.82. The zero-order chi connectivity index (χ0) is 14.6. The lowest BCUT2D eigenvalue weighted by molar-refractivity contribution is 0.121. The third kappa shape index (κ3) is 6.06. The van der Waals surface area contributed by atoms with Crippen LogP contribution in [0.4, 0.5) is 0 Å². The Morgan fingerprint density at radius 2 is 1.70 bits per heavy atom. The fraction of sp³-hybridized carbons (Fsp3) is 0.562. The highest BCUT2D eigenvalue weighted by Gasteiger charge is 2.02. The summed E-state index contributed by atoms with van der Waals surface area (Å²) >= 11 is 0. The van der Waals surface area contributed by atoms with Gasteiger partial charge in [0.2, 0.25) is 0 Å². The first kappa shape index (κ1) is 16.5. The molecule has 2 N–H and O–H groups in total. The summed E-state index contributed by atoms with van der Waals surface area (Å²) < 4.78 is 5.63. The van der Waals surface area contributed by atoms with Gasteiger partial charge in [0.15, 0.2) is 5.96 Å². The quantitative estimate of drug-likeness (QED) is 0.436. The smallest absolute Gasteiger partial charge is 0.191 e. The molecule has 0 saturated heterocycles. The standard InChI is InChI=1S/C16H27N3O/c1-4-11-20-13-15-10-8-7-9-14(15)12-19-16(17-5-2)18-6-3/h7-10H,4-6,11-13H2,1-3H3,(H2,17,18,19). The largest absolute Gasteiger partial charge is 0.377 e. The zero-order valence-electron chi connectivity index (χ0n) is 12.9. The maximum Gasteiger partial charge on any atom is 0.191 e. The average Bonchev–Trinajstić information content (AvgIpc) is 2.47. The lowest BCUT2D eigenvalue weighted by Gasteiger charge is -2.11. The lowest BCUT2D eigenvalue weighted by atomic mass is 10.1. The van der Waals surface area contributed by atoms with Gasteiger partial charge in [-0.25, -0.2) is 4.99 Å². The molecular formula is C16H27N3O. The zero-order valence-corrected chi connectivity index (χ0v) is 12.9. The maximum absolute atomic E-state index is 5.63. The Morgan fingerprint density at radius 3 is 2.30 bits per heavy atom. The average molecular weight is 277 g/mol. The summed E-state index contributed by atoms with van der Waals surface area (Å²) in [7, 11) is 0. The molecule has 0 aromatic heterocycles. The summed E-state index contributed by atoms with van der Waals surface area (Å²) in [5.74, 6) is 0.860. The fourth-order valence-corrected chi connectivity index (χ4v) is 1.85. The molecule has 112 valence electrons. The van der Waals surface area contributed by atoms with Gasteiger partial charge in [0.25, 0.3) is 0 Å². The molecule has 0 aliphatic heterocycles. The summed E-state index contributed by atoms with van der Waals surface area (Å²) in [6.07, 6.45) is 1.05. The molecule has 0 amide bonds. The molecule has 0 aliphatic rings. The summed E-state index contributed by atoms with van der Waals surface area (Å²) in [4.78, 5) is 4.60. The van der Waals surface area contributed by atoms with Crippen molar-refractivity contribution in [3.8, 4) is 0 Å². The van der Waals surface area contributed by atoms with Crippen LogP contribution in [0.3, 0.4) is 0 Å². The Hall–Kier alpha value is -1.55. The van der Waals surface area contributed by atoms with Gasteiger partial charge in [0.1, 0.15) is 0 Å². The van der Waals surface area contributed by atoms with Crippen LogP contribution in [0.25, 0.3) is 0 Å². The van der Waals surface area contributed by atoms with Crippen molar-refractivity contribution in [1.82, 2.24) is 10.6 Å². The minimum absolute atomic E-state index is 0.664. The van der Waals surface area contributed by atoms with E-state index in [4.69, 9.17) is 4.74 Å². The van der Waals surface area contributed by atoms with E-state index in [-0.39, 0.29) is 0 Å². The van der Waals surface area contributed by atoms with Crippen molar-refractivity contribution < 1.29 is 4.74 Å². The van der Waals surface area contributed by atoms with Gasteiger partial charge in [0.05, 0.1) is 13.2 Å². The van der Waals surface area contributed by atoms with E-state index in [9.17, 15) is 0 Å². The van der Waals surface area contributed by atoms with Crippen LogP contribution in [0.1, 0.15) is 38.3 Å². The highest BCUT2D eigenvalue weighted by molar-refractivity contribution is 5.79. The molecule has 0 atom stereocenters. The Labute approximate surface area is 122 Å². The monoisotopic (exact) mass is 277 g/mol. The van der Waals surface area contributed by atoms with Gasteiger partial charge in [0, 0.05) is 19.7 Å². The van der Waals surface area contributed by atoms with E-state index in [1.807, 2.05) is 12.1 Å². The predicted molar refractivity (Wildman–Crippen MR) is 84.9 cm³/mol. The molecule has 0 unspecified atom stereocenters. The van der Waals surface area contributed by atoms with Crippen molar-refractivity contribution in [3.63, 3.8) is 0 Å². The minimum Gasteiger partial charge on any atom is -0.377 e. The summed E-state index contributed by atoms with van der Waals surface area (Å²) in [5, 5.41) is 6.47. The number of ether oxygens (including phenoxy) is 1. The van der Waals surface area contributed by atoms with Crippen molar-refractivity contribution in [2.45, 2.75) is 40.3 Å². The number of hydrogen-bond acceptors (Lipinski definition) is 2. The van der Waals surface area contributed by atoms with E-state index in [1.165, 1.54) is 11.1 Å². The molecule has 0 aliphatic carbocycles. The molecule has 1 aromatic carbocycles. The van der Waals surface area contributed by atoms with Crippen molar-refractivity contribution in [1.29, 1.82) is 0 Å². The Balaban J connectivity index is 2.67. The second kappa shape index (κ2) is 10.3. The molecule has 1 aromatic rings. The number of benzene rings is 1. The Kier molecular flexibility index (Phi) is 8.47. The molecule has 0 bridgehead atoms. The highest BCUT2D eigenvalue weighted by Crippen LogP contribution is 2.11. The van der Waals surface area contributed by atoms with E-state index in [2.05, 4.69) is 48.5 Å².